The van der Waals surface area contributed by atoms with Crippen molar-refractivity contribution in [3.05, 3.63) is 24.3 Å². The van der Waals surface area contributed by atoms with E-state index in [-0.39, 0.29) is 0 Å². The maximum atomic E-state index is 8.63. The monoisotopic (exact) mass is 246 g/mol. The zero-order valence-corrected chi connectivity index (χ0v) is 9.86. The molecule has 0 radical (unpaired) electrons. The Morgan fingerprint density at radius 1 is 1.44 bits per heavy atom. The third-order valence-corrected chi connectivity index (χ3v) is 2.25. The summed E-state index contributed by atoms with van der Waals surface area (Å²) in [6.45, 7) is 1.08. The Kier molecular flexibility index (Phi) is 3.87. The van der Waals surface area contributed by atoms with E-state index in [1.807, 2.05) is 0 Å². The third-order valence-electron chi connectivity index (χ3n) is 2.25. The Morgan fingerprint density at radius 2 is 1.94 bits per heavy atom. The van der Waals surface area contributed by atoms with Crippen molar-refractivity contribution in [2.45, 2.75) is 0 Å². The van der Waals surface area contributed by atoms with Crippen LogP contribution in [0.25, 0.3) is 0 Å². The molecule has 0 saturated carbocycles. The molecule has 1 aliphatic rings. The number of rotatable bonds is 0. The van der Waals surface area contributed by atoms with Gasteiger partial charge in [-0.05, 0) is 6.07 Å². The van der Waals surface area contributed by atoms with Crippen molar-refractivity contribution in [1.29, 1.82) is 0 Å². The predicted octanol–water partition coefficient (Wildman–Crippen LogP) is -0.755. The standard InChI is InChI=1S/C9H12N2.H2O4S/c1-10-7-11(2)9-6-4-3-5-8(9)10;1-5(2,3)4/h3-6H,7H2,1-2H3;(H2,1,2,3,4). The lowest BCUT2D eigenvalue weighted by molar-refractivity contribution is -0.802. The number of fused-ring (bicyclic) bond motifs is 1. The average molecular weight is 246 g/mol. The van der Waals surface area contributed by atoms with Gasteiger partial charge in [0.25, 0.3) is 0 Å². The van der Waals surface area contributed by atoms with Gasteiger partial charge in [0.05, 0.1) is 7.05 Å². The largest absolute Gasteiger partial charge is 0.726 e. The molecular formula is C9H14N2O4S. The summed E-state index contributed by atoms with van der Waals surface area (Å²) in [5.74, 6) is 0. The first-order valence-corrected chi connectivity index (χ1v) is 5.97. The summed E-state index contributed by atoms with van der Waals surface area (Å²) in [4.78, 5) is 3.76. The summed E-state index contributed by atoms with van der Waals surface area (Å²) in [6.07, 6.45) is 0. The summed E-state index contributed by atoms with van der Waals surface area (Å²) in [5, 5.41) is 0. The number of benzene rings is 1. The molecule has 1 aromatic carbocycles. The molecule has 0 bridgehead atoms. The number of nitrogens with one attached hydrogen (secondary N) is 1. The molecule has 1 heterocycles. The molecule has 90 valence electrons. The van der Waals surface area contributed by atoms with Gasteiger partial charge in [0.15, 0.2) is 12.4 Å². The predicted molar refractivity (Wildman–Crippen MR) is 58.6 cm³/mol. The average Bonchev–Trinajstić information content (AvgIpc) is 2.41. The summed E-state index contributed by atoms with van der Waals surface area (Å²) < 4.78 is 32.8. The Labute approximate surface area is 94.7 Å². The van der Waals surface area contributed by atoms with Crippen molar-refractivity contribution in [2.75, 3.05) is 25.7 Å². The zero-order chi connectivity index (χ0) is 12.3. The molecule has 1 aliphatic heterocycles. The van der Waals surface area contributed by atoms with Crippen molar-refractivity contribution in [1.82, 2.24) is 0 Å². The molecule has 0 aromatic heterocycles. The number of quaternary nitrogens is 1. The van der Waals surface area contributed by atoms with Crippen LogP contribution in [0.4, 0.5) is 11.4 Å². The molecule has 1 unspecified atom stereocenters. The summed E-state index contributed by atoms with van der Waals surface area (Å²) in [7, 11) is -0.586. The first-order valence-electron chi connectivity index (χ1n) is 4.60. The fraction of sp³-hybridized carbons (Fsp3) is 0.333. The minimum atomic E-state index is -4.92. The van der Waals surface area contributed by atoms with E-state index >= 15 is 0 Å². The first kappa shape index (κ1) is 12.9. The Hall–Kier alpha value is -1.15. The maximum Gasteiger partial charge on any atom is 0.215 e. The van der Waals surface area contributed by atoms with Crippen LogP contribution in [-0.4, -0.2) is 38.3 Å². The number of para-hydroxylation sites is 2. The number of nitrogens with zero attached hydrogens (tertiary/aromatic N) is 1. The van der Waals surface area contributed by atoms with E-state index < -0.39 is 10.4 Å². The highest BCUT2D eigenvalue weighted by Gasteiger charge is 2.23. The van der Waals surface area contributed by atoms with Gasteiger partial charge in [-0.2, -0.15) is 0 Å². The van der Waals surface area contributed by atoms with E-state index in [9.17, 15) is 0 Å². The molecule has 0 saturated heterocycles. The van der Waals surface area contributed by atoms with Gasteiger partial charge in [-0.15, -0.1) is 0 Å². The van der Waals surface area contributed by atoms with E-state index in [2.05, 4.69) is 43.3 Å². The topological polar surface area (TPSA) is 85.1 Å². The fourth-order valence-corrected chi connectivity index (χ4v) is 1.69. The number of anilines is 1. The second-order valence-corrected chi connectivity index (χ2v) is 4.44. The van der Waals surface area contributed by atoms with E-state index in [0.717, 1.165) is 6.67 Å². The lowest BCUT2D eigenvalue weighted by Gasteiger charge is -2.06. The summed E-state index contributed by atoms with van der Waals surface area (Å²) in [5.41, 5.74) is 2.78. The number of hydrogen-bond acceptors (Lipinski definition) is 4. The van der Waals surface area contributed by atoms with Crippen molar-refractivity contribution in [3.8, 4) is 0 Å². The van der Waals surface area contributed by atoms with Gasteiger partial charge in [-0.1, -0.05) is 12.1 Å². The van der Waals surface area contributed by atoms with Gasteiger partial charge in [0.1, 0.15) is 5.69 Å². The highest BCUT2D eigenvalue weighted by molar-refractivity contribution is 7.79. The van der Waals surface area contributed by atoms with Crippen LogP contribution in [0.1, 0.15) is 0 Å². The van der Waals surface area contributed by atoms with Crippen molar-refractivity contribution >= 4 is 21.8 Å². The quantitative estimate of drug-likeness (QED) is 0.464. The van der Waals surface area contributed by atoms with Crippen LogP contribution in [0.3, 0.4) is 0 Å². The van der Waals surface area contributed by atoms with E-state index in [0.29, 0.717) is 0 Å². The van der Waals surface area contributed by atoms with E-state index in [1.165, 1.54) is 16.3 Å². The van der Waals surface area contributed by atoms with Crippen molar-refractivity contribution < 1.29 is 22.4 Å². The Bertz CT molecular complexity index is 425. The molecule has 1 aromatic rings. The van der Waals surface area contributed by atoms with Gasteiger partial charge in [-0.3, -0.25) is 9.45 Å². The van der Waals surface area contributed by atoms with Crippen molar-refractivity contribution in [3.63, 3.8) is 0 Å². The van der Waals surface area contributed by atoms with Crippen LogP contribution in [0.2, 0.25) is 0 Å². The van der Waals surface area contributed by atoms with E-state index in [1.54, 1.807) is 0 Å². The second kappa shape index (κ2) is 4.79. The molecule has 2 rings (SSSR count). The van der Waals surface area contributed by atoms with Crippen LogP contribution in [0.5, 0.6) is 0 Å². The molecule has 0 amide bonds. The van der Waals surface area contributed by atoms with Gasteiger partial charge in [0, 0.05) is 13.1 Å². The van der Waals surface area contributed by atoms with Gasteiger partial charge in [0.2, 0.25) is 10.4 Å². The minimum absolute atomic E-state index is 1.08. The van der Waals surface area contributed by atoms with Crippen LogP contribution in [0, 0.1) is 0 Å². The SMILES string of the molecule is CN1C[NH+](C)c2ccccc21.O=S(=O)([O-])O. The third kappa shape index (κ3) is 3.78. The molecule has 0 fully saturated rings. The molecule has 1 atom stereocenters. The van der Waals surface area contributed by atoms with Crippen LogP contribution in [-0.2, 0) is 10.4 Å². The molecule has 7 heteroatoms. The number of hydrogen-bond donors (Lipinski definition) is 2. The lowest BCUT2D eigenvalue weighted by Crippen LogP contribution is -3.03. The molecular weight excluding hydrogens is 232 g/mol. The van der Waals surface area contributed by atoms with Crippen LogP contribution < -0.4 is 9.80 Å². The summed E-state index contributed by atoms with van der Waals surface area (Å²) in [6, 6.07) is 8.55. The fourth-order valence-electron chi connectivity index (χ4n) is 1.69. The van der Waals surface area contributed by atoms with Gasteiger partial charge >= 0.3 is 0 Å². The zero-order valence-electron chi connectivity index (χ0n) is 9.04. The summed E-state index contributed by atoms with van der Waals surface area (Å²) >= 11 is 0. The molecule has 2 N–H and O–H groups in total. The Morgan fingerprint density at radius 3 is 2.44 bits per heavy atom. The van der Waals surface area contributed by atoms with Crippen LogP contribution in [0.15, 0.2) is 24.3 Å². The van der Waals surface area contributed by atoms with Crippen molar-refractivity contribution in [2.24, 2.45) is 0 Å². The first-order chi connectivity index (χ1) is 7.29. The minimum Gasteiger partial charge on any atom is -0.726 e. The van der Waals surface area contributed by atoms with Gasteiger partial charge in [-0.25, -0.2) is 8.42 Å². The maximum absolute atomic E-state index is 8.63. The molecule has 0 aliphatic carbocycles. The molecule has 0 spiro atoms. The highest BCUT2D eigenvalue weighted by atomic mass is 32.3. The van der Waals surface area contributed by atoms with Gasteiger partial charge < -0.3 is 9.45 Å². The smallest absolute Gasteiger partial charge is 0.215 e. The van der Waals surface area contributed by atoms with E-state index in [4.69, 9.17) is 17.5 Å². The Balaban J connectivity index is 0.000000221. The normalized spacial score (nSPS) is 18.8. The molecule has 16 heavy (non-hydrogen) atoms. The highest BCUT2D eigenvalue weighted by Crippen LogP contribution is 2.23. The van der Waals surface area contributed by atoms with Crippen LogP contribution >= 0.6 is 0 Å². The lowest BCUT2D eigenvalue weighted by atomic mass is 10.3. The molecule has 6 nitrogen and oxygen atoms in total. The second-order valence-electron chi connectivity index (χ2n) is 3.58.